The summed E-state index contributed by atoms with van der Waals surface area (Å²) < 4.78 is 5.38. The Labute approximate surface area is 142 Å². The van der Waals surface area contributed by atoms with Crippen LogP contribution in [-0.4, -0.2) is 34.6 Å². The van der Waals surface area contributed by atoms with E-state index < -0.39 is 12.0 Å². The SMILES string of the molecule is C=CCN(Cc1cccnc1)[C@@H](C(=O)O)c1cc(C)ccc1OC. The molecule has 0 amide bonds. The van der Waals surface area contributed by atoms with Crippen LogP contribution in [0.1, 0.15) is 22.7 Å². The molecule has 1 atom stereocenters. The number of ether oxygens (including phenoxy) is 1. The Bertz CT molecular complexity index is 701. The first kappa shape index (κ1) is 17.7. The molecule has 1 N–H and O–H groups in total. The molecular weight excluding hydrogens is 304 g/mol. The molecule has 0 fully saturated rings. The molecular formula is C19H22N2O3. The molecule has 0 aliphatic heterocycles. The van der Waals surface area contributed by atoms with Gasteiger partial charge in [0.1, 0.15) is 11.8 Å². The quantitative estimate of drug-likeness (QED) is 0.755. The van der Waals surface area contributed by atoms with Gasteiger partial charge in [0.2, 0.25) is 0 Å². The Kier molecular flexibility index (Phi) is 6.09. The molecule has 24 heavy (non-hydrogen) atoms. The van der Waals surface area contributed by atoms with Gasteiger partial charge in [-0.1, -0.05) is 29.8 Å². The monoisotopic (exact) mass is 326 g/mol. The lowest BCUT2D eigenvalue weighted by molar-refractivity contribution is -0.143. The summed E-state index contributed by atoms with van der Waals surface area (Å²) >= 11 is 0. The second kappa shape index (κ2) is 8.26. The summed E-state index contributed by atoms with van der Waals surface area (Å²) in [5.74, 6) is -0.363. The van der Waals surface area contributed by atoms with Gasteiger partial charge in [-0.25, -0.2) is 0 Å². The number of rotatable bonds is 8. The van der Waals surface area contributed by atoms with E-state index >= 15 is 0 Å². The summed E-state index contributed by atoms with van der Waals surface area (Å²) in [6.07, 6.45) is 5.14. The van der Waals surface area contributed by atoms with Gasteiger partial charge in [-0.15, -0.1) is 6.58 Å². The van der Waals surface area contributed by atoms with E-state index in [1.54, 1.807) is 31.6 Å². The lowest BCUT2D eigenvalue weighted by Crippen LogP contribution is -2.34. The fourth-order valence-corrected chi connectivity index (χ4v) is 2.71. The van der Waals surface area contributed by atoms with Gasteiger partial charge in [-0.3, -0.25) is 14.7 Å². The molecule has 5 nitrogen and oxygen atoms in total. The van der Waals surface area contributed by atoms with Crippen molar-refractivity contribution in [3.05, 3.63) is 72.1 Å². The first-order valence-electron chi connectivity index (χ1n) is 7.68. The summed E-state index contributed by atoms with van der Waals surface area (Å²) in [6, 6.07) is 8.49. The summed E-state index contributed by atoms with van der Waals surface area (Å²) in [7, 11) is 1.55. The highest BCUT2D eigenvalue weighted by Crippen LogP contribution is 2.31. The van der Waals surface area contributed by atoms with Crippen LogP contribution in [0.3, 0.4) is 0 Å². The predicted molar refractivity (Wildman–Crippen MR) is 93.0 cm³/mol. The van der Waals surface area contributed by atoms with Gasteiger partial charge in [-0.05, 0) is 24.6 Å². The van der Waals surface area contributed by atoms with Gasteiger partial charge < -0.3 is 9.84 Å². The maximum atomic E-state index is 12.0. The summed E-state index contributed by atoms with van der Waals surface area (Å²) in [5.41, 5.74) is 2.56. The molecule has 0 aliphatic rings. The second-order valence-electron chi connectivity index (χ2n) is 5.57. The lowest BCUT2D eigenvalue weighted by atomic mass is 10.0. The molecule has 2 aromatic rings. The Morgan fingerprint density at radius 3 is 2.83 bits per heavy atom. The summed E-state index contributed by atoms with van der Waals surface area (Å²) in [4.78, 5) is 18.0. The minimum absolute atomic E-state index is 0.433. The zero-order valence-corrected chi connectivity index (χ0v) is 14.0. The van der Waals surface area contributed by atoms with E-state index in [9.17, 15) is 9.90 Å². The number of pyridine rings is 1. The zero-order valence-electron chi connectivity index (χ0n) is 14.0. The van der Waals surface area contributed by atoms with Gasteiger partial charge in [0.15, 0.2) is 0 Å². The van der Waals surface area contributed by atoms with Crippen LogP contribution in [0, 0.1) is 6.92 Å². The Balaban J connectivity index is 2.44. The molecule has 126 valence electrons. The maximum Gasteiger partial charge on any atom is 0.325 e. The molecule has 5 heteroatoms. The number of carboxylic acid groups (broad SMARTS) is 1. The highest BCUT2D eigenvalue weighted by atomic mass is 16.5. The summed E-state index contributed by atoms with van der Waals surface area (Å²) in [6.45, 7) is 6.57. The molecule has 0 saturated carbocycles. The van der Waals surface area contributed by atoms with Crippen LogP contribution in [0.15, 0.2) is 55.4 Å². The number of carbonyl (C=O) groups is 1. The number of aliphatic carboxylic acids is 1. The number of methoxy groups -OCH3 is 1. The smallest absolute Gasteiger partial charge is 0.325 e. The van der Waals surface area contributed by atoms with E-state index in [2.05, 4.69) is 11.6 Å². The number of benzene rings is 1. The fraction of sp³-hybridized carbons (Fsp3) is 0.263. The lowest BCUT2D eigenvalue weighted by Gasteiger charge is -2.29. The van der Waals surface area contributed by atoms with Gasteiger partial charge in [0.05, 0.1) is 7.11 Å². The first-order valence-corrected chi connectivity index (χ1v) is 7.68. The number of nitrogens with zero attached hydrogens (tertiary/aromatic N) is 2. The Morgan fingerprint density at radius 1 is 1.46 bits per heavy atom. The predicted octanol–water partition coefficient (Wildman–Crippen LogP) is 3.21. The van der Waals surface area contributed by atoms with Crippen LogP contribution >= 0.6 is 0 Å². The molecule has 0 aliphatic carbocycles. The van der Waals surface area contributed by atoms with Crippen molar-refractivity contribution < 1.29 is 14.6 Å². The van der Waals surface area contributed by atoms with Crippen molar-refractivity contribution >= 4 is 5.97 Å². The largest absolute Gasteiger partial charge is 0.496 e. The van der Waals surface area contributed by atoms with Crippen LogP contribution in [0.5, 0.6) is 5.75 Å². The number of hydrogen-bond donors (Lipinski definition) is 1. The van der Waals surface area contributed by atoms with E-state index in [0.29, 0.717) is 24.4 Å². The van der Waals surface area contributed by atoms with Gasteiger partial charge >= 0.3 is 5.97 Å². The Hall–Kier alpha value is -2.66. The molecule has 0 saturated heterocycles. The molecule has 1 aromatic carbocycles. The topological polar surface area (TPSA) is 62.7 Å². The third-order valence-corrected chi connectivity index (χ3v) is 3.75. The first-order chi connectivity index (χ1) is 11.6. The number of aryl methyl sites for hydroxylation is 1. The normalized spacial score (nSPS) is 12.0. The third kappa shape index (κ3) is 4.20. The molecule has 1 aromatic heterocycles. The van der Waals surface area contributed by atoms with Gasteiger partial charge in [0.25, 0.3) is 0 Å². The highest BCUT2D eigenvalue weighted by molar-refractivity contribution is 5.77. The van der Waals surface area contributed by atoms with E-state index in [0.717, 1.165) is 11.1 Å². The molecule has 0 spiro atoms. The molecule has 0 bridgehead atoms. The number of carboxylic acids is 1. The van der Waals surface area contributed by atoms with Crippen LogP contribution in [0.2, 0.25) is 0 Å². The van der Waals surface area contributed by atoms with Crippen LogP contribution in [0.25, 0.3) is 0 Å². The van der Waals surface area contributed by atoms with Crippen molar-refractivity contribution in [1.29, 1.82) is 0 Å². The number of hydrogen-bond acceptors (Lipinski definition) is 4. The van der Waals surface area contributed by atoms with E-state index in [4.69, 9.17) is 4.74 Å². The van der Waals surface area contributed by atoms with Crippen molar-refractivity contribution in [3.63, 3.8) is 0 Å². The van der Waals surface area contributed by atoms with Crippen LogP contribution in [-0.2, 0) is 11.3 Å². The van der Waals surface area contributed by atoms with Crippen LogP contribution in [0.4, 0.5) is 0 Å². The minimum atomic E-state index is -0.926. The van der Waals surface area contributed by atoms with E-state index in [1.807, 2.05) is 36.1 Å². The average Bonchev–Trinajstić information content (AvgIpc) is 2.56. The maximum absolute atomic E-state index is 12.0. The molecule has 2 rings (SSSR count). The highest BCUT2D eigenvalue weighted by Gasteiger charge is 2.29. The van der Waals surface area contributed by atoms with Crippen molar-refractivity contribution in [1.82, 2.24) is 9.88 Å². The third-order valence-electron chi connectivity index (χ3n) is 3.75. The Morgan fingerprint density at radius 2 is 2.25 bits per heavy atom. The van der Waals surface area contributed by atoms with Crippen molar-refractivity contribution in [2.45, 2.75) is 19.5 Å². The van der Waals surface area contributed by atoms with Crippen molar-refractivity contribution in [2.75, 3.05) is 13.7 Å². The van der Waals surface area contributed by atoms with Crippen molar-refractivity contribution in [2.24, 2.45) is 0 Å². The minimum Gasteiger partial charge on any atom is -0.496 e. The van der Waals surface area contributed by atoms with Gasteiger partial charge in [0, 0.05) is 31.0 Å². The molecule has 0 radical (unpaired) electrons. The van der Waals surface area contributed by atoms with E-state index in [-0.39, 0.29) is 0 Å². The summed E-state index contributed by atoms with van der Waals surface area (Å²) in [5, 5.41) is 9.87. The zero-order chi connectivity index (χ0) is 17.5. The average molecular weight is 326 g/mol. The van der Waals surface area contributed by atoms with Crippen LogP contribution < -0.4 is 4.74 Å². The fourth-order valence-electron chi connectivity index (χ4n) is 2.71. The van der Waals surface area contributed by atoms with Crippen molar-refractivity contribution in [3.8, 4) is 5.75 Å². The number of aromatic nitrogens is 1. The molecule has 0 unspecified atom stereocenters. The second-order valence-corrected chi connectivity index (χ2v) is 5.57. The molecule has 1 heterocycles. The van der Waals surface area contributed by atoms with E-state index in [1.165, 1.54) is 0 Å². The van der Waals surface area contributed by atoms with Gasteiger partial charge in [-0.2, -0.15) is 0 Å². The standard InChI is InChI=1S/C19H22N2O3/c1-4-10-21(13-15-6-5-9-20-12-15)18(19(22)23)16-11-14(2)7-8-17(16)24-3/h4-9,11-12,18H,1,10,13H2,2-3H3,(H,22,23)/t18-/m1/s1.